The molecule has 2 aliphatic rings. The Labute approximate surface area is 140 Å². The third kappa shape index (κ3) is 3.52. The number of aromatic nitrogens is 1. The Balaban J connectivity index is 1.80. The predicted octanol–water partition coefficient (Wildman–Crippen LogP) is 1.76. The highest BCUT2D eigenvalue weighted by Gasteiger charge is 2.46. The van der Waals surface area contributed by atoms with Crippen LogP contribution in [0.4, 0.5) is 0 Å². The number of carbonyl (C=O) groups excluding carboxylic acids is 1. The van der Waals surface area contributed by atoms with Crippen LogP contribution in [0.5, 0.6) is 0 Å². The molecule has 2 N–H and O–H groups in total. The average Bonchev–Trinajstić information content (AvgIpc) is 3.23. The number of rotatable bonds is 5. The molecule has 24 heavy (non-hydrogen) atoms. The van der Waals surface area contributed by atoms with Crippen LogP contribution in [0.1, 0.15) is 42.7 Å². The summed E-state index contributed by atoms with van der Waals surface area (Å²) in [7, 11) is 0. The van der Waals surface area contributed by atoms with Crippen LogP contribution < -0.4 is 5.56 Å². The first-order valence-corrected chi connectivity index (χ1v) is 8.60. The predicted molar refractivity (Wildman–Crippen MR) is 88.8 cm³/mol. The number of aromatic amines is 1. The second-order valence-corrected chi connectivity index (χ2v) is 7.51. The number of nitrogens with one attached hydrogen (secondary N) is 1. The zero-order valence-electron chi connectivity index (χ0n) is 14.1. The third-order valence-corrected chi connectivity index (χ3v) is 4.97. The monoisotopic (exact) mass is 332 g/mol. The number of carboxylic acids is 1. The molecule has 0 unspecified atom stereocenters. The van der Waals surface area contributed by atoms with Gasteiger partial charge in [-0.25, -0.2) is 0 Å². The fourth-order valence-electron chi connectivity index (χ4n) is 3.71. The van der Waals surface area contributed by atoms with Gasteiger partial charge in [0.2, 0.25) is 5.56 Å². The number of hydrogen-bond donors (Lipinski definition) is 2. The Morgan fingerprint density at radius 1 is 1.29 bits per heavy atom. The highest BCUT2D eigenvalue weighted by Crippen LogP contribution is 2.44. The molecule has 6 nitrogen and oxygen atoms in total. The minimum atomic E-state index is -0.825. The van der Waals surface area contributed by atoms with Gasteiger partial charge in [0.15, 0.2) is 0 Å². The Kier molecular flexibility index (Phi) is 4.47. The van der Waals surface area contributed by atoms with Crippen molar-refractivity contribution in [3.63, 3.8) is 0 Å². The number of H-pyrrole nitrogens is 1. The van der Waals surface area contributed by atoms with Gasteiger partial charge in [-0.05, 0) is 43.1 Å². The first-order chi connectivity index (χ1) is 11.3. The summed E-state index contributed by atoms with van der Waals surface area (Å²) < 4.78 is 0. The van der Waals surface area contributed by atoms with Crippen molar-refractivity contribution < 1.29 is 14.7 Å². The molecule has 0 aromatic carbocycles. The van der Waals surface area contributed by atoms with Crippen molar-refractivity contribution in [2.45, 2.75) is 33.1 Å². The molecule has 2 fully saturated rings. The number of pyridine rings is 1. The average molecular weight is 332 g/mol. The number of amides is 1. The molecule has 1 aromatic rings. The smallest absolute Gasteiger partial charge is 0.308 e. The highest BCUT2D eigenvalue weighted by molar-refractivity contribution is 5.94. The Bertz CT molecular complexity index is 705. The van der Waals surface area contributed by atoms with E-state index in [1.54, 1.807) is 11.0 Å². The molecule has 0 spiro atoms. The number of carbonyl (C=O) groups is 2. The minimum absolute atomic E-state index is 0.0450. The summed E-state index contributed by atoms with van der Waals surface area (Å²) in [5.74, 6) is -0.704. The summed E-state index contributed by atoms with van der Waals surface area (Å²) in [6.45, 7) is 4.81. The van der Waals surface area contributed by atoms with E-state index in [0.29, 0.717) is 30.4 Å². The van der Waals surface area contributed by atoms with E-state index in [0.717, 1.165) is 18.5 Å². The quantitative estimate of drug-likeness (QED) is 0.859. The maximum atomic E-state index is 12.8. The van der Waals surface area contributed by atoms with Crippen molar-refractivity contribution >= 4 is 11.9 Å². The fraction of sp³-hybridized carbons (Fsp3) is 0.611. The molecule has 3 rings (SSSR count). The maximum absolute atomic E-state index is 12.8. The number of likely N-dealkylation sites (tertiary alicyclic amines) is 1. The molecule has 6 heteroatoms. The lowest BCUT2D eigenvalue weighted by atomic mass is 9.92. The van der Waals surface area contributed by atoms with Crippen LogP contribution in [0.3, 0.4) is 0 Å². The molecule has 1 aliphatic heterocycles. The van der Waals surface area contributed by atoms with Crippen LogP contribution in [0.15, 0.2) is 16.9 Å². The van der Waals surface area contributed by atoms with Gasteiger partial charge in [0.25, 0.3) is 5.91 Å². The molecule has 1 aromatic heterocycles. The van der Waals surface area contributed by atoms with Crippen molar-refractivity contribution in [2.24, 2.45) is 23.7 Å². The first-order valence-electron chi connectivity index (χ1n) is 8.60. The van der Waals surface area contributed by atoms with Gasteiger partial charge in [-0.1, -0.05) is 13.8 Å². The van der Waals surface area contributed by atoms with E-state index in [-0.39, 0.29) is 23.9 Å². The largest absolute Gasteiger partial charge is 0.481 e. The number of aliphatic carboxylic acids is 1. The summed E-state index contributed by atoms with van der Waals surface area (Å²) in [5.41, 5.74) is 0.813. The van der Waals surface area contributed by atoms with Gasteiger partial charge in [-0.2, -0.15) is 0 Å². The summed E-state index contributed by atoms with van der Waals surface area (Å²) in [6.07, 6.45) is 2.80. The topological polar surface area (TPSA) is 90.5 Å². The van der Waals surface area contributed by atoms with E-state index in [4.69, 9.17) is 0 Å². The molecular weight excluding hydrogens is 308 g/mol. The van der Waals surface area contributed by atoms with Gasteiger partial charge in [0.1, 0.15) is 0 Å². The molecule has 0 bridgehead atoms. The van der Waals surface area contributed by atoms with E-state index in [2.05, 4.69) is 4.98 Å². The normalized spacial score (nSPS) is 23.7. The maximum Gasteiger partial charge on any atom is 0.308 e. The van der Waals surface area contributed by atoms with Crippen LogP contribution in [0, 0.1) is 23.7 Å². The van der Waals surface area contributed by atoms with Crippen molar-refractivity contribution in [2.75, 3.05) is 13.1 Å². The second-order valence-electron chi connectivity index (χ2n) is 7.51. The summed E-state index contributed by atoms with van der Waals surface area (Å²) in [4.78, 5) is 40.5. The zero-order chi connectivity index (χ0) is 17.4. The summed E-state index contributed by atoms with van der Waals surface area (Å²) >= 11 is 0. The molecule has 1 saturated carbocycles. The number of carboxylic acid groups (broad SMARTS) is 1. The lowest BCUT2D eigenvalue weighted by Gasteiger charge is -2.17. The van der Waals surface area contributed by atoms with Gasteiger partial charge in [0, 0.05) is 30.4 Å². The zero-order valence-corrected chi connectivity index (χ0v) is 14.1. The highest BCUT2D eigenvalue weighted by atomic mass is 16.4. The van der Waals surface area contributed by atoms with Crippen LogP contribution in [-0.4, -0.2) is 40.0 Å². The molecule has 130 valence electrons. The van der Waals surface area contributed by atoms with Gasteiger partial charge in [-0.3, -0.25) is 14.4 Å². The van der Waals surface area contributed by atoms with Gasteiger partial charge < -0.3 is 15.0 Å². The van der Waals surface area contributed by atoms with Crippen LogP contribution >= 0.6 is 0 Å². The van der Waals surface area contributed by atoms with E-state index >= 15 is 0 Å². The van der Waals surface area contributed by atoms with Crippen LogP contribution in [0.2, 0.25) is 0 Å². The van der Waals surface area contributed by atoms with Gasteiger partial charge in [0.05, 0.1) is 5.92 Å². The number of hydrogen-bond acceptors (Lipinski definition) is 3. The second kappa shape index (κ2) is 6.42. The van der Waals surface area contributed by atoms with E-state index in [1.165, 1.54) is 6.07 Å². The Hall–Kier alpha value is -2.11. The fourth-order valence-corrected chi connectivity index (χ4v) is 3.71. The molecule has 1 amide bonds. The lowest BCUT2D eigenvalue weighted by Crippen LogP contribution is -2.31. The SMILES string of the molecule is CC(C)Cc1cc(C(=O)N2C[C@H](C(=O)O)[C@@H](C3CC3)C2)cc(=O)[nH]1. The standard InChI is InChI=1S/C18H24N2O4/c1-10(2)5-13-6-12(7-16(21)19-13)17(22)20-8-14(11-3-4-11)15(9-20)18(23)24/h6-7,10-11,14-15H,3-5,8-9H2,1-2H3,(H,19,21)(H,23,24)/t14-,15+/m1/s1. The minimum Gasteiger partial charge on any atom is -0.481 e. The molecular formula is C18H24N2O4. The molecule has 2 heterocycles. The van der Waals surface area contributed by atoms with Crippen molar-refractivity contribution in [3.8, 4) is 0 Å². The summed E-state index contributed by atoms with van der Waals surface area (Å²) in [6, 6.07) is 3.04. The van der Waals surface area contributed by atoms with E-state index in [1.807, 2.05) is 13.8 Å². The van der Waals surface area contributed by atoms with Crippen LogP contribution in [-0.2, 0) is 11.2 Å². The summed E-state index contributed by atoms with van der Waals surface area (Å²) in [5, 5.41) is 9.42. The first kappa shape index (κ1) is 16.7. The Morgan fingerprint density at radius 2 is 2.00 bits per heavy atom. The van der Waals surface area contributed by atoms with Crippen molar-refractivity contribution in [1.82, 2.24) is 9.88 Å². The molecule has 1 saturated heterocycles. The molecule has 2 atom stereocenters. The molecule has 1 aliphatic carbocycles. The van der Waals surface area contributed by atoms with Crippen molar-refractivity contribution in [3.05, 3.63) is 33.7 Å². The Morgan fingerprint density at radius 3 is 2.58 bits per heavy atom. The van der Waals surface area contributed by atoms with Gasteiger partial charge in [-0.15, -0.1) is 0 Å². The van der Waals surface area contributed by atoms with Crippen LogP contribution in [0.25, 0.3) is 0 Å². The van der Waals surface area contributed by atoms with E-state index in [9.17, 15) is 19.5 Å². The van der Waals surface area contributed by atoms with E-state index < -0.39 is 11.9 Å². The van der Waals surface area contributed by atoms with Crippen molar-refractivity contribution in [1.29, 1.82) is 0 Å². The number of nitrogens with zero attached hydrogens (tertiary/aromatic N) is 1. The molecule has 0 radical (unpaired) electrons. The third-order valence-electron chi connectivity index (χ3n) is 4.97. The lowest BCUT2D eigenvalue weighted by molar-refractivity contribution is -0.142. The van der Waals surface area contributed by atoms with Gasteiger partial charge >= 0.3 is 5.97 Å².